The standard InChI is InChI=1S/C21H26N2O5S/c1-3-20(16-7-9-18(27-2)10-8-16)22-21(24)17-5-4-6-19(15-17)29(25,26)23-11-13-28-14-12-23/h4-10,15,20H,3,11-14H2,1-2H3,(H,22,24)/t20-/m1/s1. The highest BCUT2D eigenvalue weighted by Gasteiger charge is 2.27. The summed E-state index contributed by atoms with van der Waals surface area (Å²) >= 11 is 0. The summed E-state index contributed by atoms with van der Waals surface area (Å²) < 4.78 is 37.5. The van der Waals surface area contributed by atoms with Crippen LogP contribution in [0.15, 0.2) is 53.4 Å². The Balaban J connectivity index is 1.77. The number of benzene rings is 2. The van der Waals surface area contributed by atoms with Gasteiger partial charge in [-0.2, -0.15) is 4.31 Å². The zero-order chi connectivity index (χ0) is 20.9. The first-order valence-electron chi connectivity index (χ1n) is 9.58. The Bertz CT molecular complexity index is 938. The molecule has 1 aliphatic heterocycles. The van der Waals surface area contributed by atoms with Gasteiger partial charge in [0.1, 0.15) is 5.75 Å². The molecule has 0 radical (unpaired) electrons. The molecule has 2 aromatic rings. The van der Waals surface area contributed by atoms with E-state index in [0.717, 1.165) is 11.3 Å². The van der Waals surface area contributed by atoms with Crippen LogP contribution in [-0.4, -0.2) is 52.0 Å². The Labute approximate surface area is 171 Å². The van der Waals surface area contributed by atoms with Gasteiger partial charge < -0.3 is 14.8 Å². The lowest BCUT2D eigenvalue weighted by Crippen LogP contribution is -2.40. The topological polar surface area (TPSA) is 84.9 Å². The van der Waals surface area contributed by atoms with Gasteiger partial charge in [-0.25, -0.2) is 8.42 Å². The second kappa shape index (κ2) is 9.39. The van der Waals surface area contributed by atoms with Crippen LogP contribution in [0.5, 0.6) is 5.75 Å². The number of methoxy groups -OCH3 is 1. The molecule has 1 N–H and O–H groups in total. The molecule has 1 heterocycles. The second-order valence-corrected chi connectivity index (χ2v) is 8.69. The Hall–Kier alpha value is -2.42. The second-order valence-electron chi connectivity index (χ2n) is 6.75. The Morgan fingerprint density at radius 3 is 2.48 bits per heavy atom. The highest BCUT2D eigenvalue weighted by molar-refractivity contribution is 7.89. The molecule has 0 spiro atoms. The molecule has 1 amide bonds. The van der Waals surface area contributed by atoms with Crippen molar-refractivity contribution in [1.29, 1.82) is 0 Å². The fourth-order valence-electron chi connectivity index (χ4n) is 3.23. The molecule has 1 saturated heterocycles. The molecule has 1 aliphatic rings. The van der Waals surface area contributed by atoms with Crippen LogP contribution in [0.4, 0.5) is 0 Å². The van der Waals surface area contributed by atoms with Crippen molar-refractivity contribution < 1.29 is 22.7 Å². The van der Waals surface area contributed by atoms with Crippen LogP contribution in [0, 0.1) is 0 Å². The molecule has 0 aromatic heterocycles. The van der Waals surface area contributed by atoms with Crippen LogP contribution in [0.2, 0.25) is 0 Å². The maximum Gasteiger partial charge on any atom is 0.251 e. The van der Waals surface area contributed by atoms with Gasteiger partial charge in [-0.3, -0.25) is 4.79 Å². The third-order valence-corrected chi connectivity index (χ3v) is 6.83. The van der Waals surface area contributed by atoms with Crippen molar-refractivity contribution in [2.45, 2.75) is 24.3 Å². The molecule has 1 atom stereocenters. The van der Waals surface area contributed by atoms with Gasteiger partial charge in [0.15, 0.2) is 0 Å². The van der Waals surface area contributed by atoms with Gasteiger partial charge in [-0.05, 0) is 42.3 Å². The summed E-state index contributed by atoms with van der Waals surface area (Å²) in [6.07, 6.45) is 0.698. The summed E-state index contributed by atoms with van der Waals surface area (Å²) in [5.74, 6) is 0.433. The number of nitrogens with zero attached hydrogens (tertiary/aromatic N) is 1. The Morgan fingerprint density at radius 1 is 1.17 bits per heavy atom. The van der Waals surface area contributed by atoms with E-state index in [2.05, 4.69) is 5.32 Å². The lowest BCUT2D eigenvalue weighted by atomic mass is 10.0. The molecule has 156 valence electrons. The van der Waals surface area contributed by atoms with Gasteiger partial charge in [-0.1, -0.05) is 25.1 Å². The summed E-state index contributed by atoms with van der Waals surface area (Å²) in [5, 5.41) is 2.99. The third kappa shape index (κ3) is 4.95. The summed E-state index contributed by atoms with van der Waals surface area (Å²) in [6.45, 7) is 3.36. The quantitative estimate of drug-likeness (QED) is 0.747. The first-order chi connectivity index (χ1) is 14.0. The van der Waals surface area contributed by atoms with Crippen LogP contribution in [0.25, 0.3) is 0 Å². The van der Waals surface area contributed by atoms with Crippen molar-refractivity contribution >= 4 is 15.9 Å². The van der Waals surface area contributed by atoms with E-state index in [-0.39, 0.29) is 16.8 Å². The zero-order valence-electron chi connectivity index (χ0n) is 16.6. The average Bonchev–Trinajstić information content (AvgIpc) is 2.78. The van der Waals surface area contributed by atoms with Crippen LogP contribution in [0.1, 0.15) is 35.3 Å². The van der Waals surface area contributed by atoms with Gasteiger partial charge in [0, 0.05) is 18.7 Å². The number of amides is 1. The first kappa shape index (κ1) is 21.3. The van der Waals surface area contributed by atoms with Crippen LogP contribution >= 0.6 is 0 Å². The molecule has 0 saturated carbocycles. The van der Waals surface area contributed by atoms with E-state index in [0.29, 0.717) is 38.3 Å². The number of hydrogen-bond donors (Lipinski definition) is 1. The Morgan fingerprint density at radius 2 is 1.86 bits per heavy atom. The van der Waals surface area contributed by atoms with E-state index >= 15 is 0 Å². The number of nitrogens with one attached hydrogen (secondary N) is 1. The lowest BCUT2D eigenvalue weighted by Gasteiger charge is -2.26. The minimum Gasteiger partial charge on any atom is -0.497 e. The molecule has 0 aliphatic carbocycles. The number of sulfonamides is 1. The molecule has 8 heteroatoms. The fourth-order valence-corrected chi connectivity index (χ4v) is 4.69. The van der Waals surface area contributed by atoms with Crippen LogP contribution < -0.4 is 10.1 Å². The molecule has 3 rings (SSSR count). The van der Waals surface area contributed by atoms with Crippen molar-refractivity contribution in [1.82, 2.24) is 9.62 Å². The van der Waals surface area contributed by atoms with Gasteiger partial charge >= 0.3 is 0 Å². The fraction of sp³-hybridized carbons (Fsp3) is 0.381. The molecular weight excluding hydrogens is 392 g/mol. The first-order valence-corrected chi connectivity index (χ1v) is 11.0. The smallest absolute Gasteiger partial charge is 0.251 e. The number of rotatable bonds is 7. The lowest BCUT2D eigenvalue weighted by molar-refractivity contribution is 0.0730. The van der Waals surface area contributed by atoms with Crippen molar-refractivity contribution in [3.05, 3.63) is 59.7 Å². The Kier molecular flexibility index (Phi) is 6.89. The number of ether oxygens (including phenoxy) is 2. The normalized spacial score (nSPS) is 16.2. The monoisotopic (exact) mass is 418 g/mol. The van der Waals surface area contributed by atoms with E-state index < -0.39 is 10.0 Å². The molecule has 29 heavy (non-hydrogen) atoms. The molecule has 7 nitrogen and oxygen atoms in total. The third-order valence-electron chi connectivity index (χ3n) is 4.94. The average molecular weight is 419 g/mol. The van der Waals surface area contributed by atoms with E-state index in [1.54, 1.807) is 19.2 Å². The molecule has 1 fully saturated rings. The molecule has 0 bridgehead atoms. The zero-order valence-corrected chi connectivity index (χ0v) is 17.4. The van der Waals surface area contributed by atoms with E-state index in [4.69, 9.17) is 9.47 Å². The molecule has 2 aromatic carbocycles. The number of morpholine rings is 1. The summed E-state index contributed by atoms with van der Waals surface area (Å²) in [5.41, 5.74) is 1.27. The highest BCUT2D eigenvalue weighted by Crippen LogP contribution is 2.22. The predicted molar refractivity (Wildman–Crippen MR) is 110 cm³/mol. The SMILES string of the molecule is CC[C@@H](NC(=O)c1cccc(S(=O)(=O)N2CCOCC2)c1)c1ccc(OC)cc1. The largest absolute Gasteiger partial charge is 0.497 e. The van der Waals surface area contributed by atoms with Gasteiger partial charge in [0.05, 0.1) is 31.3 Å². The minimum atomic E-state index is -3.65. The van der Waals surface area contributed by atoms with Crippen molar-refractivity contribution in [2.75, 3.05) is 33.4 Å². The summed E-state index contributed by atoms with van der Waals surface area (Å²) in [4.78, 5) is 12.9. The maximum atomic E-state index is 12.8. The van der Waals surface area contributed by atoms with Gasteiger partial charge in [0.25, 0.3) is 5.91 Å². The van der Waals surface area contributed by atoms with E-state index in [1.807, 2.05) is 31.2 Å². The van der Waals surface area contributed by atoms with E-state index in [1.165, 1.54) is 16.4 Å². The molecular formula is C21H26N2O5S. The van der Waals surface area contributed by atoms with Crippen molar-refractivity contribution in [3.63, 3.8) is 0 Å². The van der Waals surface area contributed by atoms with Crippen molar-refractivity contribution in [2.24, 2.45) is 0 Å². The molecule has 0 unspecified atom stereocenters. The minimum absolute atomic E-state index is 0.115. The van der Waals surface area contributed by atoms with E-state index in [9.17, 15) is 13.2 Å². The van der Waals surface area contributed by atoms with Crippen molar-refractivity contribution in [3.8, 4) is 5.75 Å². The number of carbonyl (C=O) groups excluding carboxylic acids is 1. The predicted octanol–water partition coefficient (Wildman–Crippen LogP) is 2.60. The van der Waals surface area contributed by atoms with Crippen LogP contribution in [0.3, 0.4) is 0 Å². The number of carbonyl (C=O) groups is 1. The van der Waals surface area contributed by atoms with Gasteiger partial charge in [-0.15, -0.1) is 0 Å². The summed E-state index contributed by atoms with van der Waals surface area (Å²) in [7, 11) is -2.05. The maximum absolute atomic E-state index is 12.8. The number of hydrogen-bond acceptors (Lipinski definition) is 5. The highest BCUT2D eigenvalue weighted by atomic mass is 32.2. The van der Waals surface area contributed by atoms with Gasteiger partial charge in [0.2, 0.25) is 10.0 Å². The summed E-state index contributed by atoms with van der Waals surface area (Å²) in [6, 6.07) is 13.5. The van der Waals surface area contributed by atoms with Crippen LogP contribution in [-0.2, 0) is 14.8 Å².